The maximum Gasteiger partial charge on any atom is 0.258 e. The highest BCUT2D eigenvalue weighted by atomic mass is 32.2. The van der Waals surface area contributed by atoms with Crippen molar-refractivity contribution in [2.75, 3.05) is 23.0 Å². The number of para-hydroxylation sites is 2. The quantitative estimate of drug-likeness (QED) is 0.233. The van der Waals surface area contributed by atoms with Gasteiger partial charge < -0.3 is 15.4 Å². The largest absolute Gasteiger partial charge is 0.494 e. The van der Waals surface area contributed by atoms with Crippen LogP contribution in [0.3, 0.4) is 0 Å². The molecule has 0 saturated heterocycles. The molecule has 0 aliphatic carbocycles. The third-order valence-corrected chi connectivity index (χ3v) is 6.90. The first kappa shape index (κ1) is 27.4. The first-order valence-corrected chi connectivity index (χ1v) is 13.4. The van der Waals surface area contributed by atoms with Crippen molar-refractivity contribution in [3.8, 4) is 22.9 Å². The number of thioether (sulfide) groups is 1. The first-order chi connectivity index (χ1) is 18.9. The minimum atomic E-state index is -0.375. The number of pyridine rings is 1. The summed E-state index contributed by atoms with van der Waals surface area (Å²) in [7, 11) is 0. The number of ether oxygens (including phenoxy) is 1. The van der Waals surface area contributed by atoms with Crippen LogP contribution in [0, 0.1) is 25.2 Å². The molecule has 2 N–H and O–H groups in total. The molecule has 0 unspecified atom stereocenters. The molecule has 1 heterocycles. The number of aryl methyl sites for hydroxylation is 2. The van der Waals surface area contributed by atoms with Gasteiger partial charge in [0, 0.05) is 16.9 Å². The van der Waals surface area contributed by atoms with Crippen molar-refractivity contribution in [3.63, 3.8) is 0 Å². The summed E-state index contributed by atoms with van der Waals surface area (Å²) in [5, 5.41) is 16.5. The maximum atomic E-state index is 13.5. The molecule has 7 nitrogen and oxygen atoms in total. The number of nitriles is 1. The number of hydrogen-bond donors (Lipinski definition) is 2. The number of benzene rings is 3. The van der Waals surface area contributed by atoms with E-state index in [0.717, 1.165) is 23.0 Å². The molecule has 0 bridgehead atoms. The fourth-order valence-electron chi connectivity index (χ4n) is 4.08. The van der Waals surface area contributed by atoms with E-state index in [1.165, 1.54) is 0 Å². The summed E-state index contributed by atoms with van der Waals surface area (Å²) in [5.74, 6) is 0.142. The van der Waals surface area contributed by atoms with E-state index < -0.39 is 0 Å². The Hall–Kier alpha value is -4.61. The monoisotopic (exact) mass is 536 g/mol. The van der Waals surface area contributed by atoms with Crippen molar-refractivity contribution >= 4 is 35.0 Å². The second kappa shape index (κ2) is 12.8. The van der Waals surface area contributed by atoms with Crippen LogP contribution in [0.5, 0.6) is 5.75 Å². The van der Waals surface area contributed by atoms with Gasteiger partial charge in [0.05, 0.1) is 29.2 Å². The van der Waals surface area contributed by atoms with Gasteiger partial charge in [0.2, 0.25) is 5.91 Å². The lowest BCUT2D eigenvalue weighted by atomic mass is 9.94. The highest BCUT2D eigenvalue weighted by Crippen LogP contribution is 2.36. The Balaban J connectivity index is 1.72. The van der Waals surface area contributed by atoms with Crippen LogP contribution in [-0.2, 0) is 4.79 Å². The molecular formula is C31H28N4O3S. The molecule has 8 heteroatoms. The molecule has 4 aromatic rings. The molecule has 0 fully saturated rings. The summed E-state index contributed by atoms with van der Waals surface area (Å²) in [4.78, 5) is 30.9. The van der Waals surface area contributed by atoms with Crippen LogP contribution in [0.1, 0.15) is 34.1 Å². The average Bonchev–Trinajstić information content (AvgIpc) is 2.94. The smallest absolute Gasteiger partial charge is 0.258 e. The summed E-state index contributed by atoms with van der Waals surface area (Å²) < 4.78 is 5.57. The van der Waals surface area contributed by atoms with E-state index in [1.54, 1.807) is 31.2 Å². The standard InChI is InChI=1S/C31H28N4O3S/c1-4-38-24-16-14-22(15-17-24)29-25(18-32)31(39-19-27(36)35-26-13-9-8-10-20(26)2)33-21(3)28(29)30(37)34-23-11-6-5-7-12-23/h5-17H,4,19H2,1-3H3,(H,34,37)(H,35,36). The fourth-order valence-corrected chi connectivity index (χ4v) is 4.92. The number of anilines is 2. The van der Waals surface area contributed by atoms with Gasteiger partial charge >= 0.3 is 0 Å². The van der Waals surface area contributed by atoms with Crippen molar-refractivity contribution in [2.24, 2.45) is 0 Å². The number of hydrogen-bond acceptors (Lipinski definition) is 6. The number of amides is 2. The molecule has 0 spiro atoms. The average molecular weight is 537 g/mol. The maximum absolute atomic E-state index is 13.5. The van der Waals surface area contributed by atoms with E-state index in [9.17, 15) is 14.9 Å². The van der Waals surface area contributed by atoms with Crippen LogP contribution in [0.2, 0.25) is 0 Å². The van der Waals surface area contributed by atoms with Crippen LogP contribution in [0.4, 0.5) is 11.4 Å². The predicted octanol–water partition coefficient (Wildman–Crippen LogP) is 6.62. The Kier molecular flexibility index (Phi) is 8.97. The highest BCUT2D eigenvalue weighted by molar-refractivity contribution is 8.00. The van der Waals surface area contributed by atoms with Gasteiger partial charge in [-0.2, -0.15) is 5.26 Å². The van der Waals surface area contributed by atoms with Crippen molar-refractivity contribution < 1.29 is 14.3 Å². The van der Waals surface area contributed by atoms with Gasteiger partial charge in [0.15, 0.2) is 0 Å². The number of carbonyl (C=O) groups excluding carboxylic acids is 2. The summed E-state index contributed by atoms with van der Waals surface area (Å²) in [6.45, 7) is 6.08. The second-order valence-corrected chi connectivity index (χ2v) is 9.63. The van der Waals surface area contributed by atoms with Gasteiger partial charge in [-0.15, -0.1) is 0 Å². The van der Waals surface area contributed by atoms with Gasteiger partial charge in [-0.3, -0.25) is 9.59 Å². The number of nitrogens with one attached hydrogen (secondary N) is 2. The molecule has 196 valence electrons. The molecule has 3 aromatic carbocycles. The van der Waals surface area contributed by atoms with E-state index in [-0.39, 0.29) is 23.1 Å². The van der Waals surface area contributed by atoms with Crippen LogP contribution >= 0.6 is 11.8 Å². The lowest BCUT2D eigenvalue weighted by Crippen LogP contribution is -2.18. The van der Waals surface area contributed by atoms with E-state index >= 15 is 0 Å². The summed E-state index contributed by atoms with van der Waals surface area (Å²) >= 11 is 1.16. The summed E-state index contributed by atoms with van der Waals surface area (Å²) in [6, 6.07) is 26.1. The molecule has 4 rings (SSSR count). The summed E-state index contributed by atoms with van der Waals surface area (Å²) in [5.41, 5.74) is 4.43. The zero-order valence-electron chi connectivity index (χ0n) is 21.9. The normalized spacial score (nSPS) is 10.4. The molecule has 39 heavy (non-hydrogen) atoms. The SMILES string of the molecule is CCOc1ccc(-c2c(C#N)c(SCC(=O)Nc3ccccc3C)nc(C)c2C(=O)Nc2ccccc2)cc1. The Bertz CT molecular complexity index is 1530. The number of carbonyl (C=O) groups is 2. The van der Waals surface area contributed by atoms with Crippen LogP contribution in [-0.4, -0.2) is 29.2 Å². The number of aromatic nitrogens is 1. The van der Waals surface area contributed by atoms with Gasteiger partial charge in [-0.05, 0) is 62.2 Å². The molecule has 0 aliphatic rings. The van der Waals surface area contributed by atoms with Crippen molar-refractivity contribution in [2.45, 2.75) is 25.8 Å². The minimum absolute atomic E-state index is 0.0493. The zero-order valence-corrected chi connectivity index (χ0v) is 22.8. The van der Waals surface area contributed by atoms with Gasteiger partial charge in [0.25, 0.3) is 5.91 Å². The zero-order chi connectivity index (χ0) is 27.8. The van der Waals surface area contributed by atoms with Crippen molar-refractivity contribution in [3.05, 3.63) is 101 Å². The molecule has 0 radical (unpaired) electrons. The van der Waals surface area contributed by atoms with Crippen molar-refractivity contribution in [1.82, 2.24) is 4.98 Å². The third-order valence-electron chi connectivity index (χ3n) is 5.93. The van der Waals surface area contributed by atoms with Crippen LogP contribution in [0.15, 0.2) is 83.9 Å². The molecule has 1 aromatic heterocycles. The second-order valence-electron chi connectivity index (χ2n) is 8.67. The number of nitrogens with zero attached hydrogens (tertiary/aromatic N) is 2. The lowest BCUT2D eigenvalue weighted by molar-refractivity contribution is -0.113. The van der Waals surface area contributed by atoms with Gasteiger partial charge in [-0.1, -0.05) is 60.3 Å². The van der Waals surface area contributed by atoms with E-state index in [1.807, 2.05) is 68.4 Å². The summed E-state index contributed by atoms with van der Waals surface area (Å²) in [6.07, 6.45) is 0. The van der Waals surface area contributed by atoms with E-state index in [2.05, 4.69) is 21.7 Å². The third kappa shape index (κ3) is 6.64. The first-order valence-electron chi connectivity index (χ1n) is 12.4. The lowest BCUT2D eigenvalue weighted by Gasteiger charge is -2.17. The Morgan fingerprint density at radius 3 is 2.31 bits per heavy atom. The van der Waals surface area contributed by atoms with E-state index in [0.29, 0.717) is 45.5 Å². The predicted molar refractivity (Wildman–Crippen MR) is 155 cm³/mol. The molecule has 0 aliphatic heterocycles. The van der Waals surface area contributed by atoms with E-state index in [4.69, 9.17) is 4.74 Å². The fraction of sp³-hybridized carbons (Fsp3) is 0.161. The highest BCUT2D eigenvalue weighted by Gasteiger charge is 2.25. The van der Waals surface area contributed by atoms with Crippen LogP contribution < -0.4 is 15.4 Å². The molecular weight excluding hydrogens is 508 g/mol. The Morgan fingerprint density at radius 1 is 0.949 bits per heavy atom. The van der Waals surface area contributed by atoms with Crippen molar-refractivity contribution in [1.29, 1.82) is 5.26 Å². The topological polar surface area (TPSA) is 104 Å². The minimum Gasteiger partial charge on any atom is -0.494 e. The Labute approximate surface area is 232 Å². The molecule has 0 saturated carbocycles. The number of rotatable bonds is 9. The van der Waals surface area contributed by atoms with Gasteiger partial charge in [0.1, 0.15) is 16.8 Å². The molecule has 2 amide bonds. The molecule has 0 atom stereocenters. The van der Waals surface area contributed by atoms with Crippen LogP contribution in [0.25, 0.3) is 11.1 Å². The Morgan fingerprint density at radius 2 is 1.64 bits per heavy atom. The van der Waals surface area contributed by atoms with Gasteiger partial charge in [-0.25, -0.2) is 4.98 Å².